The SMILES string of the molecule is C/C=C\c1[nH]cc(CC)c1C. The molecule has 0 radical (unpaired) electrons. The molecular weight excluding hydrogens is 134 g/mol. The highest BCUT2D eigenvalue weighted by molar-refractivity contribution is 5.51. The minimum absolute atomic E-state index is 1.11. The number of H-pyrrole nitrogens is 1. The Kier molecular flexibility index (Phi) is 2.53. The van der Waals surface area contributed by atoms with Crippen LogP contribution in [0.1, 0.15) is 30.7 Å². The van der Waals surface area contributed by atoms with Crippen LogP contribution in [0.25, 0.3) is 6.08 Å². The lowest BCUT2D eigenvalue weighted by Crippen LogP contribution is -1.79. The number of aromatic amines is 1. The van der Waals surface area contributed by atoms with Crippen molar-refractivity contribution in [2.24, 2.45) is 0 Å². The minimum atomic E-state index is 1.11. The van der Waals surface area contributed by atoms with Gasteiger partial charge < -0.3 is 4.98 Å². The summed E-state index contributed by atoms with van der Waals surface area (Å²) in [5.41, 5.74) is 4.04. The Hall–Kier alpha value is -0.980. The number of hydrogen-bond donors (Lipinski definition) is 1. The van der Waals surface area contributed by atoms with E-state index in [1.54, 1.807) is 0 Å². The largest absolute Gasteiger partial charge is 0.361 e. The first-order valence-corrected chi connectivity index (χ1v) is 4.09. The first-order chi connectivity index (χ1) is 5.29. The number of hydrogen-bond acceptors (Lipinski definition) is 0. The fourth-order valence-corrected chi connectivity index (χ4v) is 1.26. The topological polar surface area (TPSA) is 15.8 Å². The lowest BCUT2D eigenvalue weighted by atomic mass is 10.1. The average molecular weight is 149 g/mol. The molecule has 1 rings (SSSR count). The van der Waals surface area contributed by atoms with Gasteiger partial charge in [0.2, 0.25) is 0 Å². The molecule has 1 aromatic heterocycles. The van der Waals surface area contributed by atoms with Crippen molar-refractivity contribution in [3.05, 3.63) is 29.1 Å². The predicted molar refractivity (Wildman–Crippen MR) is 49.6 cm³/mol. The van der Waals surface area contributed by atoms with E-state index >= 15 is 0 Å². The summed E-state index contributed by atoms with van der Waals surface area (Å²) >= 11 is 0. The second-order valence-electron chi connectivity index (χ2n) is 2.71. The zero-order valence-electron chi connectivity index (χ0n) is 7.44. The maximum absolute atomic E-state index is 3.24. The normalized spacial score (nSPS) is 11.2. The van der Waals surface area contributed by atoms with E-state index in [0.717, 1.165) is 6.42 Å². The number of rotatable bonds is 2. The molecule has 0 saturated carbocycles. The smallest absolute Gasteiger partial charge is 0.0409 e. The van der Waals surface area contributed by atoms with Gasteiger partial charge in [-0.3, -0.25) is 0 Å². The lowest BCUT2D eigenvalue weighted by Gasteiger charge is -1.93. The Morgan fingerprint density at radius 2 is 2.27 bits per heavy atom. The summed E-state index contributed by atoms with van der Waals surface area (Å²) < 4.78 is 0. The Balaban J connectivity index is 3.00. The quantitative estimate of drug-likeness (QED) is 0.665. The van der Waals surface area contributed by atoms with Gasteiger partial charge in [0.1, 0.15) is 0 Å². The third kappa shape index (κ3) is 1.53. The second kappa shape index (κ2) is 3.42. The van der Waals surface area contributed by atoms with Crippen LogP contribution < -0.4 is 0 Å². The molecule has 0 aliphatic carbocycles. The summed E-state index contributed by atoms with van der Waals surface area (Å²) in [6.45, 7) is 6.37. The van der Waals surface area contributed by atoms with Gasteiger partial charge >= 0.3 is 0 Å². The van der Waals surface area contributed by atoms with Crippen LogP contribution in [0.2, 0.25) is 0 Å². The third-order valence-electron chi connectivity index (χ3n) is 2.00. The molecule has 0 amide bonds. The summed E-state index contributed by atoms with van der Waals surface area (Å²) in [6, 6.07) is 0. The van der Waals surface area contributed by atoms with E-state index in [9.17, 15) is 0 Å². The molecule has 0 atom stereocenters. The molecule has 0 aromatic carbocycles. The summed E-state index contributed by atoms with van der Waals surface area (Å²) in [6.07, 6.45) is 7.36. The fraction of sp³-hybridized carbons (Fsp3) is 0.400. The van der Waals surface area contributed by atoms with E-state index in [0.29, 0.717) is 0 Å². The highest BCUT2D eigenvalue weighted by atomic mass is 14.7. The lowest BCUT2D eigenvalue weighted by molar-refractivity contribution is 1.12. The maximum atomic E-state index is 3.24. The molecular formula is C10H15N. The Bertz CT molecular complexity index is 256. The van der Waals surface area contributed by atoms with Crippen LogP contribution in [0.4, 0.5) is 0 Å². The van der Waals surface area contributed by atoms with Gasteiger partial charge in [-0.1, -0.05) is 13.0 Å². The molecule has 1 aromatic rings. The van der Waals surface area contributed by atoms with Crippen LogP contribution in [-0.4, -0.2) is 4.98 Å². The highest BCUT2D eigenvalue weighted by Crippen LogP contribution is 2.14. The minimum Gasteiger partial charge on any atom is -0.361 e. The van der Waals surface area contributed by atoms with Crippen molar-refractivity contribution >= 4 is 6.08 Å². The molecule has 60 valence electrons. The van der Waals surface area contributed by atoms with Gasteiger partial charge in [-0.25, -0.2) is 0 Å². The second-order valence-corrected chi connectivity index (χ2v) is 2.71. The van der Waals surface area contributed by atoms with Crippen molar-refractivity contribution in [2.45, 2.75) is 27.2 Å². The van der Waals surface area contributed by atoms with Crippen LogP contribution in [-0.2, 0) is 6.42 Å². The summed E-state index contributed by atoms with van der Waals surface area (Å²) in [5.74, 6) is 0. The van der Waals surface area contributed by atoms with E-state index in [4.69, 9.17) is 0 Å². The van der Waals surface area contributed by atoms with Gasteiger partial charge in [0, 0.05) is 11.9 Å². The van der Waals surface area contributed by atoms with E-state index in [1.165, 1.54) is 16.8 Å². The number of allylic oxidation sites excluding steroid dienone is 1. The van der Waals surface area contributed by atoms with Crippen LogP contribution in [0, 0.1) is 6.92 Å². The van der Waals surface area contributed by atoms with Crippen LogP contribution in [0.15, 0.2) is 12.3 Å². The summed E-state index contributed by atoms with van der Waals surface area (Å²) in [5, 5.41) is 0. The molecule has 0 unspecified atom stereocenters. The van der Waals surface area contributed by atoms with Crippen LogP contribution in [0.5, 0.6) is 0 Å². The fourth-order valence-electron chi connectivity index (χ4n) is 1.26. The predicted octanol–water partition coefficient (Wildman–Crippen LogP) is 2.92. The highest BCUT2D eigenvalue weighted by Gasteiger charge is 2.00. The van der Waals surface area contributed by atoms with Crippen molar-refractivity contribution < 1.29 is 0 Å². The molecule has 0 bridgehead atoms. The van der Waals surface area contributed by atoms with Crippen LogP contribution in [0.3, 0.4) is 0 Å². The molecule has 1 N–H and O–H groups in total. The van der Waals surface area contributed by atoms with E-state index < -0.39 is 0 Å². The number of aromatic nitrogens is 1. The van der Waals surface area contributed by atoms with Crippen molar-refractivity contribution in [2.75, 3.05) is 0 Å². The zero-order valence-corrected chi connectivity index (χ0v) is 7.44. The van der Waals surface area contributed by atoms with Gasteiger partial charge in [0.15, 0.2) is 0 Å². The molecule has 1 heteroatoms. The van der Waals surface area contributed by atoms with Gasteiger partial charge in [0.25, 0.3) is 0 Å². The summed E-state index contributed by atoms with van der Waals surface area (Å²) in [4.78, 5) is 3.24. The van der Waals surface area contributed by atoms with Crippen molar-refractivity contribution in [1.82, 2.24) is 4.98 Å². The van der Waals surface area contributed by atoms with Gasteiger partial charge in [-0.2, -0.15) is 0 Å². The summed E-state index contributed by atoms with van der Waals surface area (Å²) in [7, 11) is 0. The third-order valence-corrected chi connectivity index (χ3v) is 2.00. The first kappa shape index (κ1) is 8.12. The average Bonchev–Trinajstić information content (AvgIpc) is 2.34. The monoisotopic (exact) mass is 149 g/mol. The molecule has 0 fully saturated rings. The first-order valence-electron chi connectivity index (χ1n) is 4.09. The molecule has 0 saturated heterocycles. The van der Waals surface area contributed by atoms with Crippen LogP contribution >= 0.6 is 0 Å². The molecule has 1 heterocycles. The Morgan fingerprint density at radius 1 is 1.55 bits per heavy atom. The standard InChI is InChI=1S/C10H15N/c1-4-6-10-8(3)9(5-2)7-11-10/h4,6-7,11H,5H2,1-3H3/b6-4-. The molecule has 11 heavy (non-hydrogen) atoms. The van der Waals surface area contributed by atoms with Crippen molar-refractivity contribution in [3.63, 3.8) is 0 Å². The molecule has 0 aliphatic heterocycles. The molecule has 0 aliphatic rings. The molecule has 1 nitrogen and oxygen atoms in total. The Labute approximate surface area is 68.1 Å². The van der Waals surface area contributed by atoms with E-state index in [1.807, 2.05) is 6.92 Å². The number of aryl methyl sites for hydroxylation is 1. The van der Waals surface area contributed by atoms with Crippen molar-refractivity contribution in [3.8, 4) is 0 Å². The Morgan fingerprint density at radius 3 is 2.73 bits per heavy atom. The molecule has 0 spiro atoms. The number of nitrogens with one attached hydrogen (secondary N) is 1. The van der Waals surface area contributed by atoms with Gasteiger partial charge in [-0.15, -0.1) is 0 Å². The van der Waals surface area contributed by atoms with Crippen molar-refractivity contribution in [1.29, 1.82) is 0 Å². The van der Waals surface area contributed by atoms with E-state index in [2.05, 4.69) is 37.2 Å². The van der Waals surface area contributed by atoms with Gasteiger partial charge in [0.05, 0.1) is 0 Å². The zero-order chi connectivity index (χ0) is 8.27. The maximum Gasteiger partial charge on any atom is 0.0409 e. The van der Waals surface area contributed by atoms with Gasteiger partial charge in [-0.05, 0) is 37.5 Å². The van der Waals surface area contributed by atoms with E-state index in [-0.39, 0.29) is 0 Å².